The van der Waals surface area contributed by atoms with Crippen LogP contribution in [0, 0.1) is 5.82 Å². The first-order valence-corrected chi connectivity index (χ1v) is 8.88. The SMILES string of the molecule is CN(C)c1ccc(-c2[nH]c(C(O)(C(F)(F)F)C(F)(F)F)cc2-c2ccc(F)cc2)cc1. The third kappa shape index (κ3) is 3.99. The summed E-state index contributed by atoms with van der Waals surface area (Å²) in [6.45, 7) is 0. The van der Waals surface area contributed by atoms with E-state index in [1.54, 1.807) is 31.1 Å². The van der Waals surface area contributed by atoms with Crippen LogP contribution in [0.3, 0.4) is 0 Å². The highest BCUT2D eigenvalue weighted by Gasteiger charge is 2.72. The van der Waals surface area contributed by atoms with Gasteiger partial charge in [-0.05, 0) is 41.5 Å². The van der Waals surface area contributed by atoms with E-state index >= 15 is 0 Å². The third-order valence-electron chi connectivity index (χ3n) is 4.86. The summed E-state index contributed by atoms with van der Waals surface area (Å²) in [6.07, 6.45) is -12.1. The zero-order valence-corrected chi connectivity index (χ0v) is 16.2. The van der Waals surface area contributed by atoms with Crippen LogP contribution in [0.1, 0.15) is 5.69 Å². The fraction of sp³-hybridized carbons (Fsp3) is 0.238. The smallest absolute Gasteiger partial charge is 0.378 e. The molecule has 0 aliphatic rings. The van der Waals surface area contributed by atoms with Crippen molar-refractivity contribution in [2.24, 2.45) is 0 Å². The molecule has 10 heteroatoms. The van der Waals surface area contributed by atoms with Gasteiger partial charge in [-0.15, -0.1) is 0 Å². The molecule has 0 aliphatic carbocycles. The molecule has 2 aromatic carbocycles. The quantitative estimate of drug-likeness (QED) is 0.493. The molecule has 1 heterocycles. The molecule has 0 atom stereocenters. The summed E-state index contributed by atoms with van der Waals surface area (Å²) in [5.41, 5.74) is -5.54. The summed E-state index contributed by atoms with van der Waals surface area (Å²) in [6, 6.07) is 11.4. The predicted octanol–water partition coefficient (Wildman–Crippen LogP) is 5.87. The Morgan fingerprint density at radius 3 is 1.71 bits per heavy atom. The Morgan fingerprint density at radius 1 is 0.774 bits per heavy atom. The number of nitrogens with zero attached hydrogens (tertiary/aromatic N) is 1. The first kappa shape index (κ1) is 22.7. The Balaban J connectivity index is 2.27. The van der Waals surface area contributed by atoms with E-state index < -0.39 is 29.5 Å². The summed E-state index contributed by atoms with van der Waals surface area (Å²) < 4.78 is 93.6. The molecule has 1 aromatic heterocycles. The van der Waals surface area contributed by atoms with Crippen LogP contribution in [0.4, 0.5) is 36.4 Å². The Kier molecular flexibility index (Phi) is 5.56. The number of hydrogen-bond donors (Lipinski definition) is 2. The summed E-state index contributed by atoms with van der Waals surface area (Å²) in [4.78, 5) is 3.88. The second-order valence-electron chi connectivity index (χ2n) is 7.13. The number of anilines is 1. The number of aromatic nitrogens is 1. The first-order chi connectivity index (χ1) is 14.3. The zero-order chi connectivity index (χ0) is 23.2. The molecule has 0 aliphatic heterocycles. The highest BCUT2D eigenvalue weighted by molar-refractivity contribution is 5.82. The number of halogens is 7. The first-order valence-electron chi connectivity index (χ1n) is 8.88. The van der Waals surface area contributed by atoms with Gasteiger partial charge in [0.1, 0.15) is 5.82 Å². The molecule has 0 fully saturated rings. The maximum absolute atomic E-state index is 13.4. The molecular weight excluding hydrogens is 429 g/mol. The molecule has 0 radical (unpaired) electrons. The molecule has 3 aromatic rings. The van der Waals surface area contributed by atoms with Crippen LogP contribution in [0.15, 0.2) is 54.6 Å². The maximum Gasteiger partial charge on any atom is 0.432 e. The van der Waals surface area contributed by atoms with Crippen LogP contribution < -0.4 is 4.90 Å². The van der Waals surface area contributed by atoms with Crippen molar-refractivity contribution in [2.75, 3.05) is 19.0 Å². The van der Waals surface area contributed by atoms with Gasteiger partial charge in [-0.1, -0.05) is 24.3 Å². The van der Waals surface area contributed by atoms with E-state index in [1.807, 2.05) is 0 Å². The number of alkyl halides is 6. The zero-order valence-electron chi connectivity index (χ0n) is 16.2. The molecule has 0 saturated carbocycles. The van der Waals surface area contributed by atoms with Gasteiger partial charge in [0.15, 0.2) is 0 Å². The molecule has 3 rings (SSSR count). The number of nitrogens with one attached hydrogen (secondary N) is 1. The maximum atomic E-state index is 13.4. The standard InChI is InChI=1S/C21H17F7N2O/c1-30(2)15-9-5-13(6-10-15)18-16(12-3-7-14(22)8-4-12)11-17(29-18)19(31,20(23,24)25)21(26,27)28/h3-11,29,31H,1-2H3. The van der Waals surface area contributed by atoms with Gasteiger partial charge in [0.25, 0.3) is 5.60 Å². The van der Waals surface area contributed by atoms with Crippen molar-refractivity contribution in [2.45, 2.75) is 18.0 Å². The molecule has 0 bridgehead atoms. The third-order valence-corrected chi connectivity index (χ3v) is 4.86. The van der Waals surface area contributed by atoms with E-state index in [2.05, 4.69) is 4.98 Å². The summed E-state index contributed by atoms with van der Waals surface area (Å²) >= 11 is 0. The summed E-state index contributed by atoms with van der Waals surface area (Å²) in [5.74, 6) is -0.626. The van der Waals surface area contributed by atoms with Crippen LogP contribution in [-0.2, 0) is 5.60 Å². The highest BCUT2D eigenvalue weighted by atomic mass is 19.4. The van der Waals surface area contributed by atoms with Crippen molar-refractivity contribution in [1.29, 1.82) is 0 Å². The van der Waals surface area contributed by atoms with Gasteiger partial charge < -0.3 is 15.0 Å². The molecule has 31 heavy (non-hydrogen) atoms. The molecule has 166 valence electrons. The minimum Gasteiger partial charge on any atom is -0.378 e. The Bertz CT molecular complexity index is 1040. The van der Waals surface area contributed by atoms with E-state index in [4.69, 9.17) is 0 Å². The van der Waals surface area contributed by atoms with E-state index in [9.17, 15) is 35.8 Å². The van der Waals surface area contributed by atoms with Crippen molar-refractivity contribution in [3.8, 4) is 22.4 Å². The van der Waals surface area contributed by atoms with Crippen LogP contribution in [0.5, 0.6) is 0 Å². The average Bonchev–Trinajstić information content (AvgIpc) is 3.11. The van der Waals surface area contributed by atoms with Crippen LogP contribution in [0.25, 0.3) is 22.4 Å². The van der Waals surface area contributed by atoms with Gasteiger partial charge >= 0.3 is 12.4 Å². The van der Waals surface area contributed by atoms with Gasteiger partial charge in [0, 0.05) is 25.3 Å². The molecule has 3 nitrogen and oxygen atoms in total. The fourth-order valence-corrected chi connectivity index (χ4v) is 3.13. The number of benzene rings is 2. The van der Waals surface area contributed by atoms with Crippen molar-refractivity contribution in [1.82, 2.24) is 4.98 Å². The second-order valence-corrected chi connectivity index (χ2v) is 7.13. The lowest BCUT2D eigenvalue weighted by atomic mass is 9.96. The lowest BCUT2D eigenvalue weighted by Crippen LogP contribution is -2.54. The highest BCUT2D eigenvalue weighted by Crippen LogP contribution is 2.51. The van der Waals surface area contributed by atoms with Crippen molar-refractivity contribution >= 4 is 5.69 Å². The van der Waals surface area contributed by atoms with E-state index in [0.717, 1.165) is 17.8 Å². The van der Waals surface area contributed by atoms with E-state index in [1.165, 1.54) is 24.3 Å². The summed E-state index contributed by atoms with van der Waals surface area (Å²) in [5, 5.41) is 9.80. The molecular formula is C21H17F7N2O. The molecule has 0 saturated heterocycles. The molecule has 0 amide bonds. The van der Waals surface area contributed by atoms with Gasteiger partial charge in [-0.2, -0.15) is 26.3 Å². The van der Waals surface area contributed by atoms with Crippen LogP contribution >= 0.6 is 0 Å². The lowest BCUT2D eigenvalue weighted by molar-refractivity contribution is -0.377. The topological polar surface area (TPSA) is 39.3 Å². The fourth-order valence-electron chi connectivity index (χ4n) is 3.13. The van der Waals surface area contributed by atoms with Gasteiger partial charge in [0.2, 0.25) is 0 Å². The molecule has 2 N–H and O–H groups in total. The van der Waals surface area contributed by atoms with Gasteiger partial charge in [0.05, 0.1) is 11.4 Å². The van der Waals surface area contributed by atoms with Crippen molar-refractivity contribution in [3.63, 3.8) is 0 Å². The van der Waals surface area contributed by atoms with E-state index in [-0.39, 0.29) is 22.4 Å². The Hall–Kier alpha value is -3.01. The largest absolute Gasteiger partial charge is 0.432 e. The number of rotatable bonds is 4. The van der Waals surface area contributed by atoms with Gasteiger partial charge in [-0.25, -0.2) is 4.39 Å². The summed E-state index contributed by atoms with van der Waals surface area (Å²) in [7, 11) is 3.52. The monoisotopic (exact) mass is 446 g/mol. The second kappa shape index (κ2) is 7.60. The van der Waals surface area contributed by atoms with Gasteiger partial charge in [-0.3, -0.25) is 0 Å². The van der Waals surface area contributed by atoms with E-state index in [0.29, 0.717) is 6.07 Å². The Morgan fingerprint density at radius 2 is 1.26 bits per heavy atom. The number of hydrogen-bond acceptors (Lipinski definition) is 2. The Labute approximate surface area is 172 Å². The lowest BCUT2D eigenvalue weighted by Gasteiger charge is -2.31. The van der Waals surface area contributed by atoms with Crippen LogP contribution in [-0.4, -0.2) is 36.5 Å². The average molecular weight is 446 g/mol. The minimum absolute atomic E-state index is 0.0560. The van der Waals surface area contributed by atoms with Crippen LogP contribution in [0.2, 0.25) is 0 Å². The number of H-pyrrole nitrogens is 1. The van der Waals surface area contributed by atoms with Crippen molar-refractivity contribution < 1.29 is 35.8 Å². The predicted molar refractivity (Wildman–Crippen MR) is 102 cm³/mol. The van der Waals surface area contributed by atoms with Crippen molar-refractivity contribution in [3.05, 3.63) is 66.1 Å². The molecule has 0 spiro atoms. The normalized spacial score (nSPS) is 12.8. The number of aliphatic hydroxyl groups is 1. The molecule has 0 unspecified atom stereocenters. The number of aromatic amines is 1. The minimum atomic E-state index is -6.04.